The van der Waals surface area contributed by atoms with Crippen LogP contribution in [-0.2, 0) is 6.42 Å². The molecule has 2 aromatic carbocycles. The lowest BCUT2D eigenvalue weighted by Gasteiger charge is -2.20. The number of benzene rings is 2. The number of nitrogens with zero attached hydrogens (tertiary/aromatic N) is 3. The highest BCUT2D eigenvalue weighted by atomic mass is 19.4. The van der Waals surface area contributed by atoms with E-state index in [1.54, 1.807) is 42.5 Å². The van der Waals surface area contributed by atoms with Crippen molar-refractivity contribution in [1.29, 1.82) is 0 Å². The summed E-state index contributed by atoms with van der Waals surface area (Å²) in [5, 5.41) is 0.417. The number of fused-ring (bicyclic) bond motifs is 1. The van der Waals surface area contributed by atoms with Crippen molar-refractivity contribution in [3.63, 3.8) is 0 Å². The Kier molecular flexibility index (Phi) is 5.33. The fourth-order valence-corrected chi connectivity index (χ4v) is 3.08. The van der Waals surface area contributed by atoms with Crippen LogP contribution in [0, 0.1) is 0 Å². The maximum atomic E-state index is 12.5. The van der Waals surface area contributed by atoms with Gasteiger partial charge in [0.05, 0.1) is 23.5 Å². The van der Waals surface area contributed by atoms with Crippen LogP contribution in [0.4, 0.5) is 24.5 Å². The molecule has 4 rings (SSSR count). The van der Waals surface area contributed by atoms with Gasteiger partial charge in [0.25, 0.3) is 5.56 Å². The van der Waals surface area contributed by atoms with Gasteiger partial charge in [0.15, 0.2) is 0 Å². The minimum Gasteiger partial charge on any atom is -0.426 e. The van der Waals surface area contributed by atoms with Crippen LogP contribution in [0.3, 0.4) is 0 Å². The zero-order valence-corrected chi connectivity index (χ0v) is 16.3. The molecule has 0 spiro atoms. The zero-order chi connectivity index (χ0) is 22.0. The largest absolute Gasteiger partial charge is 0.426 e. The molecule has 2 heterocycles. The van der Waals surface area contributed by atoms with E-state index in [-0.39, 0.29) is 17.1 Å². The third-order valence-electron chi connectivity index (χ3n) is 4.65. The summed E-state index contributed by atoms with van der Waals surface area (Å²) in [6.07, 6.45) is -2.19. The van der Waals surface area contributed by atoms with Gasteiger partial charge in [0.1, 0.15) is 5.75 Å². The van der Waals surface area contributed by atoms with Crippen molar-refractivity contribution in [2.45, 2.75) is 12.6 Å². The topological polar surface area (TPSA) is 71.1 Å². The number of aromatic amines is 1. The molecule has 0 saturated heterocycles. The highest BCUT2D eigenvalue weighted by Gasteiger charge is 2.27. The molecular weight excluding hydrogens is 409 g/mol. The SMILES string of the molecule is CN(c1ccc(CC(F)(F)F)cc1)c1ccc(Oc2nc3cnccc3c(=O)[nH]2)cc1. The number of anilines is 2. The monoisotopic (exact) mass is 426 g/mol. The molecule has 0 bridgehead atoms. The molecule has 0 atom stereocenters. The second kappa shape index (κ2) is 8.10. The molecule has 9 heteroatoms. The Bertz CT molecular complexity index is 1250. The fraction of sp³-hybridized carbons (Fsp3) is 0.136. The molecule has 0 aliphatic carbocycles. The van der Waals surface area contributed by atoms with Gasteiger partial charge >= 0.3 is 12.2 Å². The van der Waals surface area contributed by atoms with Crippen molar-refractivity contribution in [2.75, 3.05) is 11.9 Å². The Morgan fingerprint density at radius 1 is 1.00 bits per heavy atom. The van der Waals surface area contributed by atoms with Crippen molar-refractivity contribution < 1.29 is 17.9 Å². The maximum absolute atomic E-state index is 12.5. The Balaban J connectivity index is 1.48. The van der Waals surface area contributed by atoms with E-state index in [4.69, 9.17) is 4.74 Å². The van der Waals surface area contributed by atoms with Crippen LogP contribution < -0.4 is 15.2 Å². The number of rotatable bonds is 5. The van der Waals surface area contributed by atoms with Crippen molar-refractivity contribution >= 4 is 22.3 Å². The van der Waals surface area contributed by atoms with Crippen molar-refractivity contribution in [3.05, 3.63) is 82.9 Å². The van der Waals surface area contributed by atoms with E-state index < -0.39 is 12.6 Å². The van der Waals surface area contributed by atoms with Crippen LogP contribution in [0.25, 0.3) is 10.9 Å². The van der Waals surface area contributed by atoms with Crippen molar-refractivity contribution in [2.24, 2.45) is 0 Å². The highest BCUT2D eigenvalue weighted by Crippen LogP contribution is 2.28. The summed E-state index contributed by atoms with van der Waals surface area (Å²) < 4.78 is 43.2. The first kappa shape index (κ1) is 20.4. The summed E-state index contributed by atoms with van der Waals surface area (Å²) in [5.41, 5.74) is 1.85. The molecule has 1 N–H and O–H groups in total. The van der Waals surface area contributed by atoms with Gasteiger partial charge in [-0.1, -0.05) is 12.1 Å². The Hall–Kier alpha value is -3.88. The number of hydrogen-bond acceptors (Lipinski definition) is 5. The summed E-state index contributed by atoms with van der Waals surface area (Å²) in [5.74, 6) is 0.462. The number of halogens is 3. The number of aromatic nitrogens is 3. The second-order valence-corrected chi connectivity index (χ2v) is 6.88. The molecular formula is C22H17F3N4O2. The van der Waals surface area contributed by atoms with E-state index in [9.17, 15) is 18.0 Å². The first-order chi connectivity index (χ1) is 14.8. The van der Waals surface area contributed by atoms with Crippen LogP contribution >= 0.6 is 0 Å². The van der Waals surface area contributed by atoms with Crippen LogP contribution in [0.1, 0.15) is 5.56 Å². The second-order valence-electron chi connectivity index (χ2n) is 6.88. The van der Waals surface area contributed by atoms with Crippen molar-refractivity contribution in [1.82, 2.24) is 15.0 Å². The van der Waals surface area contributed by atoms with Crippen LogP contribution in [0.2, 0.25) is 0 Å². The Morgan fingerprint density at radius 3 is 2.29 bits per heavy atom. The summed E-state index contributed by atoms with van der Waals surface area (Å²) in [6.45, 7) is 0. The molecule has 0 unspecified atom stereocenters. The van der Waals surface area contributed by atoms with E-state index in [0.29, 0.717) is 16.7 Å². The Morgan fingerprint density at radius 2 is 1.65 bits per heavy atom. The van der Waals surface area contributed by atoms with Crippen molar-refractivity contribution in [3.8, 4) is 11.8 Å². The number of H-pyrrole nitrogens is 1. The number of alkyl halides is 3. The van der Waals surface area contributed by atoms with Gasteiger partial charge in [-0.2, -0.15) is 18.2 Å². The zero-order valence-electron chi connectivity index (χ0n) is 16.3. The van der Waals surface area contributed by atoms with Gasteiger partial charge in [-0.25, -0.2) is 0 Å². The molecule has 0 radical (unpaired) electrons. The average molecular weight is 426 g/mol. The minimum atomic E-state index is -4.23. The maximum Gasteiger partial charge on any atom is 0.393 e. The third-order valence-corrected chi connectivity index (χ3v) is 4.65. The number of pyridine rings is 1. The molecule has 158 valence electrons. The summed E-state index contributed by atoms with van der Waals surface area (Å²) in [6, 6.07) is 14.8. The van der Waals surface area contributed by atoms with Gasteiger partial charge < -0.3 is 9.64 Å². The predicted molar refractivity (Wildman–Crippen MR) is 111 cm³/mol. The lowest BCUT2D eigenvalue weighted by Crippen LogP contribution is -2.12. The van der Waals surface area contributed by atoms with E-state index in [1.165, 1.54) is 24.5 Å². The molecule has 0 amide bonds. The molecule has 0 fully saturated rings. The summed E-state index contributed by atoms with van der Waals surface area (Å²) in [7, 11) is 1.81. The third kappa shape index (κ3) is 4.82. The van der Waals surface area contributed by atoms with E-state index >= 15 is 0 Å². The molecule has 6 nitrogen and oxygen atoms in total. The molecule has 4 aromatic rings. The van der Waals surface area contributed by atoms with Crippen LogP contribution in [0.15, 0.2) is 71.8 Å². The average Bonchev–Trinajstić information content (AvgIpc) is 2.73. The molecule has 2 aromatic heterocycles. The van der Waals surface area contributed by atoms with Gasteiger partial charge in [-0.05, 0) is 48.0 Å². The number of nitrogens with one attached hydrogen (secondary N) is 1. The molecule has 0 aliphatic heterocycles. The van der Waals surface area contributed by atoms with Gasteiger partial charge in [0, 0.05) is 24.6 Å². The molecule has 0 saturated carbocycles. The summed E-state index contributed by atoms with van der Waals surface area (Å²) in [4.78, 5) is 24.7. The predicted octanol–water partition coefficient (Wildman–Crippen LogP) is 4.98. The highest BCUT2D eigenvalue weighted by molar-refractivity contribution is 5.76. The first-order valence-electron chi connectivity index (χ1n) is 9.30. The van der Waals surface area contributed by atoms with E-state index in [2.05, 4.69) is 15.0 Å². The van der Waals surface area contributed by atoms with Crippen LogP contribution in [-0.4, -0.2) is 28.2 Å². The van der Waals surface area contributed by atoms with Crippen LogP contribution in [0.5, 0.6) is 11.8 Å². The number of ether oxygens (including phenoxy) is 1. The standard InChI is InChI=1S/C22H17F3N4O2/c1-29(15-4-2-14(3-5-15)12-22(23,24)25)16-6-8-17(9-7-16)31-21-27-19-13-26-11-10-18(19)20(30)28-21/h2-11,13H,12H2,1H3,(H,27,28,30). The fourth-order valence-electron chi connectivity index (χ4n) is 3.08. The first-order valence-corrected chi connectivity index (χ1v) is 9.30. The van der Waals surface area contributed by atoms with E-state index in [1.807, 2.05) is 11.9 Å². The number of hydrogen-bond donors (Lipinski definition) is 1. The summed E-state index contributed by atoms with van der Waals surface area (Å²) >= 11 is 0. The molecule has 0 aliphatic rings. The van der Waals surface area contributed by atoms with Gasteiger partial charge in [-0.15, -0.1) is 0 Å². The smallest absolute Gasteiger partial charge is 0.393 e. The van der Waals surface area contributed by atoms with Gasteiger partial charge in [-0.3, -0.25) is 14.8 Å². The van der Waals surface area contributed by atoms with Gasteiger partial charge in [0.2, 0.25) is 0 Å². The van der Waals surface area contributed by atoms with E-state index in [0.717, 1.165) is 11.4 Å². The molecule has 31 heavy (non-hydrogen) atoms. The lowest BCUT2D eigenvalue weighted by atomic mass is 10.1. The quantitative estimate of drug-likeness (QED) is 0.487. The minimum absolute atomic E-state index is 0.0480. The lowest BCUT2D eigenvalue weighted by molar-refractivity contribution is -0.127. The Labute approximate surface area is 175 Å². The normalized spacial score (nSPS) is 11.5.